The van der Waals surface area contributed by atoms with Crippen LogP contribution in [-0.2, 0) is 0 Å². The minimum Gasteiger partial charge on any atom is -0.497 e. The van der Waals surface area contributed by atoms with Crippen molar-refractivity contribution in [2.24, 2.45) is 5.92 Å². The second-order valence-corrected chi connectivity index (χ2v) is 8.15. The van der Waals surface area contributed by atoms with Crippen LogP contribution < -0.4 is 10.1 Å². The van der Waals surface area contributed by atoms with E-state index < -0.39 is 0 Å². The summed E-state index contributed by atoms with van der Waals surface area (Å²) in [5.41, 5.74) is 1.37. The van der Waals surface area contributed by atoms with Crippen LogP contribution in [0.15, 0.2) is 36.4 Å². The number of benzene rings is 2. The molecule has 4 heteroatoms. The maximum atomic E-state index is 10.8. The summed E-state index contributed by atoms with van der Waals surface area (Å²) in [5, 5.41) is 16.7. The van der Waals surface area contributed by atoms with E-state index in [0.717, 1.165) is 57.7 Å². The van der Waals surface area contributed by atoms with Crippen molar-refractivity contribution in [2.45, 2.75) is 37.7 Å². The molecule has 0 bridgehead atoms. The zero-order valence-corrected chi connectivity index (χ0v) is 16.4. The van der Waals surface area contributed by atoms with Gasteiger partial charge in [-0.25, -0.2) is 0 Å². The quantitative estimate of drug-likeness (QED) is 0.849. The van der Waals surface area contributed by atoms with Crippen LogP contribution in [0.3, 0.4) is 0 Å². The third-order valence-corrected chi connectivity index (χ3v) is 6.46. The summed E-state index contributed by atoms with van der Waals surface area (Å²) in [6.45, 7) is 5.38. The number of fused-ring (bicyclic) bond motifs is 1. The number of nitrogens with zero attached hydrogens (tertiary/aromatic N) is 1. The van der Waals surface area contributed by atoms with Gasteiger partial charge in [0.15, 0.2) is 0 Å². The summed E-state index contributed by atoms with van der Waals surface area (Å²) < 4.78 is 5.36. The van der Waals surface area contributed by atoms with Crippen LogP contribution in [-0.4, -0.2) is 55.9 Å². The molecule has 2 aromatic carbocycles. The maximum absolute atomic E-state index is 10.8. The van der Waals surface area contributed by atoms with Crippen LogP contribution in [0.1, 0.15) is 37.2 Å². The van der Waals surface area contributed by atoms with Gasteiger partial charge in [0.1, 0.15) is 5.75 Å². The molecular weight excluding hydrogens is 336 g/mol. The Kier molecular flexibility index (Phi) is 5.96. The van der Waals surface area contributed by atoms with Crippen LogP contribution in [0, 0.1) is 5.92 Å². The van der Waals surface area contributed by atoms with E-state index in [1.165, 1.54) is 22.8 Å². The number of piperazine rings is 1. The van der Waals surface area contributed by atoms with Gasteiger partial charge in [-0.1, -0.05) is 37.1 Å². The highest BCUT2D eigenvalue weighted by molar-refractivity contribution is 5.84. The van der Waals surface area contributed by atoms with E-state index in [-0.39, 0.29) is 6.10 Å². The SMILES string of the molecule is COc1ccc2cc(C(CN3CCNCC3)C3CCCCC3O)ccc2c1. The number of aliphatic hydroxyl groups is 1. The number of rotatable bonds is 5. The average molecular weight is 369 g/mol. The highest BCUT2D eigenvalue weighted by atomic mass is 16.5. The van der Waals surface area contributed by atoms with E-state index in [2.05, 4.69) is 40.5 Å². The molecule has 4 rings (SSSR count). The molecule has 0 aromatic heterocycles. The Balaban J connectivity index is 1.64. The highest BCUT2D eigenvalue weighted by Crippen LogP contribution is 2.38. The van der Waals surface area contributed by atoms with Crippen LogP contribution in [0.4, 0.5) is 0 Å². The number of ether oxygens (including phenoxy) is 1. The Morgan fingerprint density at radius 2 is 1.81 bits per heavy atom. The van der Waals surface area contributed by atoms with Crippen molar-refractivity contribution in [3.05, 3.63) is 42.0 Å². The van der Waals surface area contributed by atoms with E-state index in [9.17, 15) is 5.11 Å². The van der Waals surface area contributed by atoms with Gasteiger partial charge < -0.3 is 20.1 Å². The topological polar surface area (TPSA) is 44.7 Å². The molecule has 1 aliphatic carbocycles. The first-order chi connectivity index (χ1) is 13.2. The largest absolute Gasteiger partial charge is 0.497 e. The summed E-state index contributed by atoms with van der Waals surface area (Å²) in [4.78, 5) is 2.57. The fourth-order valence-corrected chi connectivity index (χ4v) is 4.87. The smallest absolute Gasteiger partial charge is 0.119 e. The summed E-state index contributed by atoms with van der Waals surface area (Å²) in [6, 6.07) is 13.1. The molecule has 3 atom stereocenters. The van der Waals surface area contributed by atoms with Crippen molar-refractivity contribution in [1.82, 2.24) is 10.2 Å². The molecule has 27 heavy (non-hydrogen) atoms. The Bertz CT molecular complexity index is 757. The first-order valence-electron chi connectivity index (χ1n) is 10.4. The van der Waals surface area contributed by atoms with Crippen molar-refractivity contribution >= 4 is 10.8 Å². The Labute approximate surface area is 162 Å². The lowest BCUT2D eigenvalue weighted by atomic mass is 9.74. The molecule has 146 valence electrons. The summed E-state index contributed by atoms with van der Waals surface area (Å²) in [5.74, 6) is 1.66. The molecule has 1 saturated carbocycles. The fourth-order valence-electron chi connectivity index (χ4n) is 4.87. The fraction of sp³-hybridized carbons (Fsp3) is 0.565. The van der Waals surface area contributed by atoms with Crippen molar-refractivity contribution in [3.8, 4) is 5.75 Å². The molecule has 0 amide bonds. The normalized spacial score (nSPS) is 25.4. The van der Waals surface area contributed by atoms with Crippen LogP contribution in [0.5, 0.6) is 5.75 Å². The second-order valence-electron chi connectivity index (χ2n) is 8.15. The number of hydrogen-bond donors (Lipinski definition) is 2. The van der Waals surface area contributed by atoms with Gasteiger partial charge in [-0.05, 0) is 47.2 Å². The first-order valence-corrected chi connectivity index (χ1v) is 10.4. The molecule has 2 fully saturated rings. The molecular formula is C23H32N2O2. The number of hydrogen-bond acceptors (Lipinski definition) is 4. The first kappa shape index (κ1) is 18.7. The van der Waals surface area contributed by atoms with E-state index in [0.29, 0.717) is 11.8 Å². The molecule has 0 spiro atoms. The number of methoxy groups -OCH3 is 1. The lowest BCUT2D eigenvalue weighted by Crippen LogP contribution is -2.46. The Hall–Kier alpha value is -1.62. The monoisotopic (exact) mass is 368 g/mol. The third kappa shape index (κ3) is 4.29. The predicted octanol–water partition coefficient (Wildman–Crippen LogP) is 3.39. The van der Waals surface area contributed by atoms with Gasteiger partial charge in [0.25, 0.3) is 0 Å². The minimum atomic E-state index is -0.168. The van der Waals surface area contributed by atoms with Gasteiger partial charge in [0, 0.05) is 38.6 Å². The zero-order chi connectivity index (χ0) is 18.6. The van der Waals surface area contributed by atoms with E-state index in [1.807, 2.05) is 6.07 Å². The minimum absolute atomic E-state index is 0.168. The maximum Gasteiger partial charge on any atom is 0.119 e. The summed E-state index contributed by atoms with van der Waals surface area (Å²) in [6.07, 6.45) is 4.32. The van der Waals surface area contributed by atoms with Crippen molar-refractivity contribution < 1.29 is 9.84 Å². The standard InChI is InChI=1S/C23H32N2O2/c1-27-20-9-8-17-14-19(7-6-18(17)15-20)22(16-25-12-10-24-11-13-25)21-4-2-3-5-23(21)26/h6-9,14-15,21-24,26H,2-5,10-13,16H2,1H3. The average Bonchev–Trinajstić information content (AvgIpc) is 2.72. The number of aliphatic hydroxyl groups excluding tert-OH is 1. The predicted molar refractivity (Wildman–Crippen MR) is 111 cm³/mol. The molecule has 0 radical (unpaired) electrons. The van der Waals surface area contributed by atoms with Crippen molar-refractivity contribution in [1.29, 1.82) is 0 Å². The molecule has 1 aliphatic heterocycles. The summed E-state index contributed by atoms with van der Waals surface area (Å²) in [7, 11) is 1.71. The molecule has 1 saturated heterocycles. The lowest BCUT2D eigenvalue weighted by molar-refractivity contribution is 0.0448. The molecule has 3 unspecified atom stereocenters. The third-order valence-electron chi connectivity index (χ3n) is 6.46. The van der Waals surface area contributed by atoms with Gasteiger partial charge in [-0.15, -0.1) is 0 Å². The Morgan fingerprint density at radius 1 is 1.07 bits per heavy atom. The number of nitrogens with one attached hydrogen (secondary N) is 1. The van der Waals surface area contributed by atoms with Gasteiger partial charge in [0.2, 0.25) is 0 Å². The highest BCUT2D eigenvalue weighted by Gasteiger charge is 2.33. The van der Waals surface area contributed by atoms with E-state index in [1.54, 1.807) is 7.11 Å². The molecule has 4 nitrogen and oxygen atoms in total. The zero-order valence-electron chi connectivity index (χ0n) is 16.4. The molecule has 2 N–H and O–H groups in total. The second kappa shape index (κ2) is 8.59. The van der Waals surface area contributed by atoms with Crippen LogP contribution in [0.2, 0.25) is 0 Å². The van der Waals surface area contributed by atoms with Crippen LogP contribution >= 0.6 is 0 Å². The van der Waals surface area contributed by atoms with E-state index in [4.69, 9.17) is 4.74 Å². The van der Waals surface area contributed by atoms with Crippen molar-refractivity contribution in [3.63, 3.8) is 0 Å². The van der Waals surface area contributed by atoms with Gasteiger partial charge in [0.05, 0.1) is 13.2 Å². The summed E-state index contributed by atoms with van der Waals surface area (Å²) >= 11 is 0. The van der Waals surface area contributed by atoms with Gasteiger partial charge in [-0.3, -0.25) is 0 Å². The van der Waals surface area contributed by atoms with Gasteiger partial charge in [-0.2, -0.15) is 0 Å². The Morgan fingerprint density at radius 3 is 2.59 bits per heavy atom. The molecule has 2 aromatic rings. The van der Waals surface area contributed by atoms with Crippen LogP contribution in [0.25, 0.3) is 10.8 Å². The van der Waals surface area contributed by atoms with Crippen molar-refractivity contribution in [2.75, 3.05) is 39.8 Å². The van der Waals surface area contributed by atoms with E-state index >= 15 is 0 Å². The molecule has 2 aliphatic rings. The lowest BCUT2D eigenvalue weighted by Gasteiger charge is -2.39. The molecule has 1 heterocycles. The van der Waals surface area contributed by atoms with Gasteiger partial charge >= 0.3 is 0 Å².